The number of hydrazone groups is 1. The average Bonchev–Trinajstić information content (AvgIpc) is 3.34. The van der Waals surface area contributed by atoms with E-state index in [-0.39, 0.29) is 5.91 Å². The first-order chi connectivity index (χ1) is 14.8. The minimum absolute atomic E-state index is 0.279. The Morgan fingerprint density at radius 2 is 1.57 bits per heavy atom. The summed E-state index contributed by atoms with van der Waals surface area (Å²) in [5, 5.41) is 4.14. The predicted molar refractivity (Wildman–Crippen MR) is 118 cm³/mol. The van der Waals surface area contributed by atoms with Gasteiger partial charge in [-0.2, -0.15) is 5.10 Å². The normalized spacial score (nSPS) is 10.8. The summed E-state index contributed by atoms with van der Waals surface area (Å²) in [7, 11) is 0. The molecule has 1 aromatic heterocycles. The van der Waals surface area contributed by atoms with Crippen LogP contribution in [0.25, 0.3) is 5.69 Å². The summed E-state index contributed by atoms with van der Waals surface area (Å²) in [6.45, 7) is 0.461. The number of hydrogen-bond donors (Lipinski definition) is 1. The lowest BCUT2D eigenvalue weighted by Crippen LogP contribution is -2.19. The molecule has 0 aliphatic carbocycles. The Balaban J connectivity index is 1.45. The second-order valence-electron chi connectivity index (χ2n) is 6.62. The number of benzene rings is 3. The van der Waals surface area contributed by atoms with E-state index in [2.05, 4.69) is 10.5 Å². The van der Waals surface area contributed by atoms with Crippen molar-refractivity contribution in [3.63, 3.8) is 0 Å². The summed E-state index contributed by atoms with van der Waals surface area (Å²) < 4.78 is 7.82. The molecule has 4 rings (SSSR count). The highest BCUT2D eigenvalue weighted by Gasteiger charge is 2.11. The Labute approximate surface area is 175 Å². The first-order valence-electron chi connectivity index (χ1n) is 9.63. The molecule has 1 amide bonds. The summed E-state index contributed by atoms with van der Waals surface area (Å²) >= 11 is 0. The first-order valence-corrected chi connectivity index (χ1v) is 9.63. The molecule has 30 heavy (non-hydrogen) atoms. The van der Waals surface area contributed by atoms with E-state index in [1.54, 1.807) is 12.3 Å². The van der Waals surface area contributed by atoms with Gasteiger partial charge in [-0.1, -0.05) is 54.6 Å². The average molecular weight is 395 g/mol. The molecule has 0 aliphatic rings. The van der Waals surface area contributed by atoms with Crippen LogP contribution in [0.4, 0.5) is 0 Å². The van der Waals surface area contributed by atoms with Crippen molar-refractivity contribution in [2.45, 2.75) is 6.61 Å². The van der Waals surface area contributed by atoms with E-state index in [9.17, 15) is 4.79 Å². The highest BCUT2D eigenvalue weighted by atomic mass is 16.5. The maximum absolute atomic E-state index is 12.7. The molecule has 0 bridgehead atoms. The lowest BCUT2D eigenvalue weighted by Gasteiger charge is -2.10. The van der Waals surface area contributed by atoms with Gasteiger partial charge in [-0.05, 0) is 42.0 Å². The number of nitrogens with one attached hydrogen (secondary N) is 1. The summed E-state index contributed by atoms with van der Waals surface area (Å²) in [4.78, 5) is 12.7. The Kier molecular flexibility index (Phi) is 6.01. The fourth-order valence-electron chi connectivity index (χ4n) is 3.06. The minimum atomic E-state index is -0.279. The molecule has 4 aromatic rings. The van der Waals surface area contributed by atoms with Crippen LogP contribution in [-0.4, -0.2) is 16.7 Å². The molecule has 0 unspecified atom stereocenters. The summed E-state index contributed by atoms with van der Waals surface area (Å²) in [5.41, 5.74) is 5.81. The smallest absolute Gasteiger partial charge is 0.273 e. The number of hydrogen-bond acceptors (Lipinski definition) is 3. The van der Waals surface area contributed by atoms with E-state index in [0.29, 0.717) is 17.9 Å². The van der Waals surface area contributed by atoms with E-state index in [4.69, 9.17) is 4.74 Å². The van der Waals surface area contributed by atoms with Crippen LogP contribution >= 0.6 is 0 Å². The van der Waals surface area contributed by atoms with E-state index >= 15 is 0 Å². The number of para-hydroxylation sites is 2. The van der Waals surface area contributed by atoms with Gasteiger partial charge in [0, 0.05) is 18.0 Å². The lowest BCUT2D eigenvalue weighted by atomic mass is 10.1. The van der Waals surface area contributed by atoms with Crippen molar-refractivity contribution >= 4 is 12.1 Å². The van der Waals surface area contributed by atoms with Crippen LogP contribution in [0, 0.1) is 0 Å². The number of carbonyl (C=O) groups excluding carboxylic acids is 1. The maximum Gasteiger partial charge on any atom is 0.273 e. The molecule has 0 aliphatic heterocycles. The Hall–Kier alpha value is -4.12. The molecular weight excluding hydrogens is 374 g/mol. The van der Waals surface area contributed by atoms with Crippen molar-refractivity contribution in [2.75, 3.05) is 0 Å². The van der Waals surface area contributed by atoms with E-state index in [1.165, 1.54) is 0 Å². The maximum atomic E-state index is 12.7. The van der Waals surface area contributed by atoms with Crippen molar-refractivity contribution in [1.29, 1.82) is 0 Å². The van der Waals surface area contributed by atoms with Gasteiger partial charge in [0.1, 0.15) is 12.4 Å². The van der Waals surface area contributed by atoms with Crippen LogP contribution in [0.1, 0.15) is 21.5 Å². The molecule has 148 valence electrons. The monoisotopic (exact) mass is 395 g/mol. The fraction of sp³-hybridized carbons (Fsp3) is 0.0400. The molecule has 3 aromatic carbocycles. The highest BCUT2D eigenvalue weighted by molar-refractivity contribution is 5.98. The van der Waals surface area contributed by atoms with Crippen molar-refractivity contribution in [2.24, 2.45) is 5.10 Å². The predicted octanol–water partition coefficient (Wildman–Crippen LogP) is 4.82. The van der Waals surface area contributed by atoms with Gasteiger partial charge in [0.25, 0.3) is 5.91 Å². The Bertz CT molecular complexity index is 1140. The zero-order valence-corrected chi connectivity index (χ0v) is 16.3. The molecule has 1 N–H and O–H groups in total. The third kappa shape index (κ3) is 4.64. The Morgan fingerprint density at radius 1 is 0.867 bits per heavy atom. The van der Waals surface area contributed by atoms with Crippen LogP contribution in [0.2, 0.25) is 0 Å². The summed E-state index contributed by atoms with van der Waals surface area (Å²) in [6, 6.07) is 28.8. The zero-order chi connectivity index (χ0) is 20.6. The van der Waals surface area contributed by atoms with Crippen LogP contribution in [0.5, 0.6) is 5.75 Å². The summed E-state index contributed by atoms with van der Waals surface area (Å²) in [6.07, 6.45) is 5.39. The molecule has 0 spiro atoms. The van der Waals surface area contributed by atoms with Gasteiger partial charge in [0.2, 0.25) is 0 Å². The minimum Gasteiger partial charge on any atom is -0.488 e. The SMILES string of the molecule is O=C(N/N=C/c1ccccc1OCc1ccccc1)c1ccccc1-n1cccc1. The summed E-state index contributed by atoms with van der Waals surface area (Å²) in [5.74, 6) is 0.422. The van der Waals surface area contributed by atoms with Crippen molar-refractivity contribution in [3.05, 3.63) is 120 Å². The first kappa shape index (κ1) is 19.2. The quantitative estimate of drug-likeness (QED) is 0.360. The number of aromatic nitrogens is 1. The molecule has 5 nitrogen and oxygen atoms in total. The van der Waals surface area contributed by atoms with Gasteiger partial charge in [0.05, 0.1) is 17.5 Å². The molecule has 1 heterocycles. The van der Waals surface area contributed by atoms with E-state index in [1.807, 2.05) is 102 Å². The van der Waals surface area contributed by atoms with Crippen LogP contribution < -0.4 is 10.2 Å². The number of rotatable bonds is 7. The number of carbonyl (C=O) groups is 1. The second-order valence-corrected chi connectivity index (χ2v) is 6.62. The molecule has 0 radical (unpaired) electrons. The third-order valence-corrected chi connectivity index (χ3v) is 4.56. The van der Waals surface area contributed by atoms with Crippen molar-refractivity contribution in [3.8, 4) is 11.4 Å². The molecule has 0 saturated heterocycles. The molecular formula is C25H21N3O2. The topological polar surface area (TPSA) is 55.6 Å². The van der Waals surface area contributed by atoms with E-state index in [0.717, 1.165) is 16.8 Å². The highest BCUT2D eigenvalue weighted by Crippen LogP contribution is 2.18. The van der Waals surface area contributed by atoms with Crippen molar-refractivity contribution in [1.82, 2.24) is 9.99 Å². The molecule has 0 atom stereocenters. The zero-order valence-electron chi connectivity index (χ0n) is 16.3. The molecule has 0 saturated carbocycles. The van der Waals surface area contributed by atoms with Crippen LogP contribution in [0.3, 0.4) is 0 Å². The molecule has 0 fully saturated rings. The third-order valence-electron chi connectivity index (χ3n) is 4.56. The van der Waals surface area contributed by atoms with E-state index < -0.39 is 0 Å². The van der Waals surface area contributed by atoms with Gasteiger partial charge in [0.15, 0.2) is 0 Å². The van der Waals surface area contributed by atoms with Gasteiger partial charge < -0.3 is 9.30 Å². The molecule has 5 heteroatoms. The van der Waals surface area contributed by atoms with Crippen LogP contribution in [0.15, 0.2) is 108 Å². The van der Waals surface area contributed by atoms with Gasteiger partial charge >= 0.3 is 0 Å². The lowest BCUT2D eigenvalue weighted by molar-refractivity contribution is 0.0955. The van der Waals surface area contributed by atoms with Crippen molar-refractivity contribution < 1.29 is 9.53 Å². The van der Waals surface area contributed by atoms with Gasteiger partial charge in [-0.25, -0.2) is 5.43 Å². The standard InChI is InChI=1S/C25H21N3O2/c29-25(22-13-5-6-14-23(22)28-16-8-9-17-28)27-26-18-21-12-4-7-15-24(21)30-19-20-10-2-1-3-11-20/h1-18H,19H2,(H,27,29)/b26-18+. The van der Waals surface area contributed by atoms with Gasteiger partial charge in [-0.15, -0.1) is 0 Å². The fourth-order valence-corrected chi connectivity index (χ4v) is 3.06. The van der Waals surface area contributed by atoms with Crippen LogP contribution in [-0.2, 0) is 6.61 Å². The second kappa shape index (κ2) is 9.39. The number of ether oxygens (including phenoxy) is 1. The van der Waals surface area contributed by atoms with Gasteiger partial charge in [-0.3, -0.25) is 4.79 Å². The Morgan fingerprint density at radius 3 is 2.40 bits per heavy atom. The number of nitrogens with zero attached hydrogens (tertiary/aromatic N) is 2. The number of amides is 1. The largest absolute Gasteiger partial charge is 0.488 e.